The van der Waals surface area contributed by atoms with Gasteiger partial charge in [-0.3, -0.25) is 9.69 Å². The van der Waals surface area contributed by atoms with Gasteiger partial charge in [-0.1, -0.05) is 11.6 Å². The van der Waals surface area contributed by atoms with Crippen molar-refractivity contribution in [3.63, 3.8) is 0 Å². The van der Waals surface area contributed by atoms with Gasteiger partial charge in [0.1, 0.15) is 0 Å². The molecule has 1 saturated heterocycles. The number of sulfone groups is 1. The number of halogens is 1. The van der Waals surface area contributed by atoms with Crippen LogP contribution in [0.3, 0.4) is 0 Å². The van der Waals surface area contributed by atoms with E-state index in [0.29, 0.717) is 43.5 Å². The van der Waals surface area contributed by atoms with Crippen molar-refractivity contribution in [3.05, 3.63) is 53.4 Å². The summed E-state index contributed by atoms with van der Waals surface area (Å²) in [5, 5.41) is 0.510. The Morgan fingerprint density at radius 2 is 1.76 bits per heavy atom. The minimum absolute atomic E-state index is 0.0424. The van der Waals surface area contributed by atoms with Crippen molar-refractivity contribution in [1.82, 2.24) is 9.80 Å². The van der Waals surface area contributed by atoms with Crippen molar-refractivity contribution in [2.24, 2.45) is 0 Å². The summed E-state index contributed by atoms with van der Waals surface area (Å²) >= 11 is 5.79. The summed E-state index contributed by atoms with van der Waals surface area (Å²) in [6.45, 7) is 2.83. The first kappa shape index (κ1) is 18.0. The lowest BCUT2D eigenvalue weighted by atomic mass is 10.3. The van der Waals surface area contributed by atoms with Crippen LogP contribution in [0.4, 0.5) is 0 Å². The average molecular weight is 383 g/mol. The summed E-state index contributed by atoms with van der Waals surface area (Å²) in [7, 11) is -3.34. The molecule has 8 heteroatoms. The molecular formula is C17H19ClN2O4S. The van der Waals surface area contributed by atoms with Crippen LogP contribution in [0, 0.1) is 0 Å². The third kappa shape index (κ3) is 4.42. The van der Waals surface area contributed by atoms with E-state index in [9.17, 15) is 13.2 Å². The van der Waals surface area contributed by atoms with Gasteiger partial charge in [-0.05, 0) is 36.4 Å². The van der Waals surface area contributed by atoms with Crippen molar-refractivity contribution in [2.45, 2.75) is 4.90 Å². The van der Waals surface area contributed by atoms with Crippen LogP contribution in [0.15, 0.2) is 52.0 Å². The van der Waals surface area contributed by atoms with E-state index in [0.717, 1.165) is 0 Å². The first-order valence-corrected chi connectivity index (χ1v) is 10.0. The van der Waals surface area contributed by atoms with E-state index >= 15 is 0 Å². The quantitative estimate of drug-likeness (QED) is 0.792. The first-order valence-electron chi connectivity index (χ1n) is 7.99. The van der Waals surface area contributed by atoms with Crippen molar-refractivity contribution >= 4 is 27.3 Å². The Balaban J connectivity index is 1.51. The Kier molecular flexibility index (Phi) is 5.46. The lowest BCUT2D eigenvalue weighted by Gasteiger charge is -2.34. The summed E-state index contributed by atoms with van der Waals surface area (Å²) in [5.41, 5.74) is 0. The molecule has 1 fully saturated rings. The number of rotatable bonds is 5. The highest BCUT2D eigenvalue weighted by molar-refractivity contribution is 7.91. The predicted octanol–water partition coefficient (Wildman–Crippen LogP) is 2.16. The lowest BCUT2D eigenvalue weighted by molar-refractivity contribution is 0.0613. The molecule has 3 rings (SSSR count). The molecule has 0 N–H and O–H groups in total. The largest absolute Gasteiger partial charge is 0.459 e. The van der Waals surface area contributed by atoms with Crippen LogP contribution in [0.2, 0.25) is 5.02 Å². The third-order valence-corrected chi connectivity index (χ3v) is 6.20. The van der Waals surface area contributed by atoms with Crippen molar-refractivity contribution in [3.8, 4) is 0 Å². The van der Waals surface area contributed by atoms with Gasteiger partial charge >= 0.3 is 0 Å². The Hall–Kier alpha value is -1.83. The van der Waals surface area contributed by atoms with Gasteiger partial charge in [0.15, 0.2) is 15.6 Å². The van der Waals surface area contributed by atoms with E-state index in [1.54, 1.807) is 29.2 Å². The molecule has 1 amide bonds. The van der Waals surface area contributed by atoms with E-state index in [1.165, 1.54) is 18.4 Å². The second-order valence-corrected chi connectivity index (χ2v) is 8.43. The molecule has 2 aromatic rings. The van der Waals surface area contributed by atoms with Crippen molar-refractivity contribution in [1.29, 1.82) is 0 Å². The number of piperazine rings is 1. The van der Waals surface area contributed by atoms with Gasteiger partial charge in [-0.15, -0.1) is 0 Å². The second-order valence-electron chi connectivity index (χ2n) is 5.88. The van der Waals surface area contributed by atoms with Gasteiger partial charge in [0.25, 0.3) is 5.91 Å². The van der Waals surface area contributed by atoms with E-state index in [2.05, 4.69) is 4.90 Å². The van der Waals surface area contributed by atoms with Gasteiger partial charge in [0, 0.05) is 37.7 Å². The third-order valence-electron chi connectivity index (χ3n) is 4.24. The topological polar surface area (TPSA) is 70.8 Å². The van der Waals surface area contributed by atoms with Gasteiger partial charge in [0.05, 0.1) is 16.9 Å². The number of benzene rings is 1. The summed E-state index contributed by atoms with van der Waals surface area (Å²) in [5.74, 6) is 0.248. The average Bonchev–Trinajstić information content (AvgIpc) is 3.15. The Bertz CT molecular complexity index is 811. The van der Waals surface area contributed by atoms with Crippen LogP contribution in [-0.4, -0.2) is 62.6 Å². The highest BCUT2D eigenvalue weighted by atomic mass is 35.5. The maximum atomic E-state index is 12.4. The normalized spacial score (nSPS) is 16.1. The Morgan fingerprint density at radius 3 is 2.36 bits per heavy atom. The van der Waals surface area contributed by atoms with Crippen molar-refractivity contribution in [2.75, 3.05) is 38.5 Å². The second kappa shape index (κ2) is 7.59. The minimum Gasteiger partial charge on any atom is -0.459 e. The summed E-state index contributed by atoms with van der Waals surface area (Å²) in [4.78, 5) is 16.3. The molecule has 2 heterocycles. The zero-order valence-electron chi connectivity index (χ0n) is 13.6. The van der Waals surface area contributed by atoms with Crippen LogP contribution in [0.25, 0.3) is 0 Å². The number of amides is 1. The molecular weight excluding hydrogens is 364 g/mol. The zero-order chi connectivity index (χ0) is 17.9. The monoisotopic (exact) mass is 382 g/mol. The molecule has 1 aromatic heterocycles. The highest BCUT2D eigenvalue weighted by Gasteiger charge is 2.24. The SMILES string of the molecule is O=C(c1ccco1)N1CCN(CCS(=O)(=O)c2ccc(Cl)cc2)CC1. The molecule has 134 valence electrons. The Morgan fingerprint density at radius 1 is 1.08 bits per heavy atom. The number of furan rings is 1. The van der Waals surface area contributed by atoms with Crippen molar-refractivity contribution < 1.29 is 17.6 Å². The molecule has 0 aliphatic carbocycles. The van der Waals surface area contributed by atoms with E-state index in [-0.39, 0.29) is 16.6 Å². The smallest absolute Gasteiger partial charge is 0.289 e. The van der Waals surface area contributed by atoms with Crippen LogP contribution >= 0.6 is 11.6 Å². The number of hydrogen-bond donors (Lipinski definition) is 0. The summed E-state index contributed by atoms with van der Waals surface area (Å²) in [6.07, 6.45) is 1.48. The highest BCUT2D eigenvalue weighted by Crippen LogP contribution is 2.16. The molecule has 1 aliphatic heterocycles. The minimum atomic E-state index is -3.34. The molecule has 25 heavy (non-hydrogen) atoms. The molecule has 1 aliphatic rings. The summed E-state index contributed by atoms with van der Waals surface area (Å²) < 4.78 is 29.9. The molecule has 0 atom stereocenters. The number of hydrogen-bond acceptors (Lipinski definition) is 5. The first-order chi connectivity index (χ1) is 12.0. The fourth-order valence-corrected chi connectivity index (χ4v) is 4.15. The molecule has 0 bridgehead atoms. The molecule has 1 aromatic carbocycles. The zero-order valence-corrected chi connectivity index (χ0v) is 15.2. The van der Waals surface area contributed by atoms with Gasteiger partial charge in [-0.2, -0.15) is 0 Å². The maximum absolute atomic E-state index is 12.4. The van der Waals surface area contributed by atoms with E-state index < -0.39 is 9.84 Å². The molecule has 0 spiro atoms. The molecule has 0 radical (unpaired) electrons. The maximum Gasteiger partial charge on any atom is 0.289 e. The number of nitrogens with zero attached hydrogens (tertiary/aromatic N) is 2. The number of carbonyl (C=O) groups excluding carboxylic acids is 1. The molecule has 0 unspecified atom stereocenters. The van der Waals surface area contributed by atoms with Gasteiger partial charge < -0.3 is 9.32 Å². The number of carbonyl (C=O) groups is 1. The Labute approximate surface area is 151 Å². The predicted molar refractivity (Wildman–Crippen MR) is 94.6 cm³/mol. The van der Waals surface area contributed by atoms with Crippen LogP contribution in [0.1, 0.15) is 10.6 Å². The van der Waals surface area contributed by atoms with Gasteiger partial charge in [0.2, 0.25) is 0 Å². The lowest BCUT2D eigenvalue weighted by Crippen LogP contribution is -2.49. The summed E-state index contributed by atoms with van der Waals surface area (Å²) in [6, 6.07) is 9.54. The molecule has 0 saturated carbocycles. The van der Waals surface area contributed by atoms with E-state index in [4.69, 9.17) is 16.0 Å². The molecule has 6 nitrogen and oxygen atoms in total. The van der Waals surface area contributed by atoms with Crippen LogP contribution < -0.4 is 0 Å². The fraction of sp³-hybridized carbons (Fsp3) is 0.353. The van der Waals surface area contributed by atoms with Crippen LogP contribution in [-0.2, 0) is 9.84 Å². The standard InChI is InChI=1S/C17H19ClN2O4S/c18-14-3-5-15(6-4-14)25(22,23)13-11-19-7-9-20(10-8-19)17(21)16-2-1-12-24-16/h1-6,12H,7-11,13H2. The van der Waals surface area contributed by atoms with E-state index in [1.807, 2.05) is 0 Å². The fourth-order valence-electron chi connectivity index (χ4n) is 2.74. The van der Waals surface area contributed by atoms with Gasteiger partial charge in [-0.25, -0.2) is 8.42 Å². The van der Waals surface area contributed by atoms with Crippen LogP contribution in [0.5, 0.6) is 0 Å².